The van der Waals surface area contributed by atoms with Crippen molar-refractivity contribution in [2.24, 2.45) is 0 Å². The Hall–Kier alpha value is -2.69. The topological polar surface area (TPSA) is 56.8 Å². The number of benzene rings is 2. The van der Waals surface area contributed by atoms with E-state index in [1.807, 2.05) is 50.2 Å². The quantitative estimate of drug-likeness (QED) is 0.917. The van der Waals surface area contributed by atoms with E-state index in [1.54, 1.807) is 0 Å². The highest BCUT2D eigenvalue weighted by Crippen LogP contribution is 2.29. The molecule has 0 aromatic heterocycles. The molecule has 0 saturated carbocycles. The Labute approximate surface area is 141 Å². The van der Waals surface area contributed by atoms with Crippen molar-refractivity contribution in [1.29, 1.82) is 0 Å². The predicted octanol–water partition coefficient (Wildman–Crippen LogP) is 3.13. The molecule has 5 nitrogen and oxygen atoms in total. The first-order chi connectivity index (χ1) is 11.6. The van der Waals surface area contributed by atoms with E-state index in [1.165, 1.54) is 6.26 Å². The van der Waals surface area contributed by atoms with E-state index in [2.05, 4.69) is 5.32 Å². The maximum absolute atomic E-state index is 12.2. The van der Waals surface area contributed by atoms with Crippen molar-refractivity contribution in [3.8, 4) is 5.75 Å². The summed E-state index contributed by atoms with van der Waals surface area (Å²) in [4.78, 5) is 12.2. The van der Waals surface area contributed by atoms with Crippen LogP contribution in [0.2, 0.25) is 0 Å². The van der Waals surface area contributed by atoms with E-state index in [0.717, 1.165) is 22.1 Å². The molecule has 0 atom stereocenters. The highest BCUT2D eigenvalue weighted by Gasteiger charge is 2.17. The van der Waals surface area contributed by atoms with Crippen LogP contribution in [-0.2, 0) is 20.8 Å². The number of amides is 1. The first kappa shape index (κ1) is 16.2. The third kappa shape index (κ3) is 3.62. The van der Waals surface area contributed by atoms with Crippen molar-refractivity contribution in [3.05, 3.63) is 54.0 Å². The second kappa shape index (κ2) is 7.25. The lowest BCUT2D eigenvalue weighted by atomic mass is 10.0. The number of hydrogen-bond acceptors (Lipinski definition) is 4. The van der Waals surface area contributed by atoms with Gasteiger partial charge in [-0.05, 0) is 30.7 Å². The Balaban J connectivity index is 1.86. The van der Waals surface area contributed by atoms with Gasteiger partial charge in [-0.3, -0.25) is 4.79 Å². The molecule has 3 rings (SSSR count). The van der Waals surface area contributed by atoms with Crippen LogP contribution in [0.15, 0.2) is 48.4 Å². The molecule has 0 unspecified atom stereocenters. The Kier molecular flexibility index (Phi) is 4.89. The molecule has 24 heavy (non-hydrogen) atoms. The van der Waals surface area contributed by atoms with Gasteiger partial charge in [-0.25, -0.2) is 0 Å². The third-order valence-electron chi connectivity index (χ3n) is 3.66. The van der Waals surface area contributed by atoms with E-state index in [9.17, 15) is 4.79 Å². The van der Waals surface area contributed by atoms with E-state index in [-0.39, 0.29) is 17.8 Å². The molecular formula is C19H21NO4. The number of rotatable bonds is 5. The fraction of sp³-hybridized carbons (Fsp3) is 0.316. The maximum Gasteiger partial charge on any atom is 0.289 e. The van der Waals surface area contributed by atoms with Gasteiger partial charge in [0, 0.05) is 12.1 Å². The van der Waals surface area contributed by atoms with E-state index in [4.69, 9.17) is 14.2 Å². The number of carbonyl (C=O) groups excluding carboxylic acids is 1. The van der Waals surface area contributed by atoms with Gasteiger partial charge < -0.3 is 19.5 Å². The van der Waals surface area contributed by atoms with Gasteiger partial charge in [-0.2, -0.15) is 0 Å². The summed E-state index contributed by atoms with van der Waals surface area (Å²) in [6, 6.07) is 12.0. The molecule has 0 spiro atoms. The lowest BCUT2D eigenvalue weighted by Crippen LogP contribution is -2.28. The molecule has 0 fully saturated rings. The number of hydrogen-bond donors (Lipinski definition) is 1. The minimum absolute atomic E-state index is 0.0541. The molecule has 1 aliphatic rings. The normalized spacial score (nSPS) is 13.9. The zero-order valence-corrected chi connectivity index (χ0v) is 13.9. The molecular weight excluding hydrogens is 306 g/mol. The molecule has 5 heteroatoms. The first-order valence-corrected chi connectivity index (χ1v) is 8.05. The molecule has 0 saturated heterocycles. The average molecular weight is 327 g/mol. The molecule has 1 heterocycles. The molecule has 0 aliphatic carbocycles. The Bertz CT molecular complexity index is 767. The van der Waals surface area contributed by atoms with Crippen LogP contribution in [0, 0.1) is 0 Å². The number of carbonyl (C=O) groups is 1. The largest absolute Gasteiger partial charge is 0.494 e. The lowest BCUT2D eigenvalue weighted by Gasteiger charge is -2.18. The van der Waals surface area contributed by atoms with E-state index >= 15 is 0 Å². The number of nitrogens with one attached hydrogen (secondary N) is 1. The van der Waals surface area contributed by atoms with Crippen molar-refractivity contribution >= 4 is 16.7 Å². The Morgan fingerprint density at radius 2 is 2.04 bits per heavy atom. The molecule has 1 amide bonds. The number of fused-ring (bicyclic) bond motifs is 1. The highest BCUT2D eigenvalue weighted by atomic mass is 16.6. The molecule has 2 aromatic carbocycles. The van der Waals surface area contributed by atoms with Crippen LogP contribution in [-0.4, -0.2) is 25.2 Å². The van der Waals surface area contributed by atoms with Gasteiger partial charge in [0.2, 0.25) is 5.76 Å². The van der Waals surface area contributed by atoms with E-state index in [0.29, 0.717) is 19.8 Å². The molecule has 0 radical (unpaired) electrons. The summed E-state index contributed by atoms with van der Waals surface area (Å²) in [5.74, 6) is 0.685. The van der Waals surface area contributed by atoms with Gasteiger partial charge in [0.05, 0.1) is 6.10 Å². The Morgan fingerprint density at radius 1 is 1.21 bits per heavy atom. The zero-order valence-electron chi connectivity index (χ0n) is 13.9. The maximum atomic E-state index is 12.2. The summed E-state index contributed by atoms with van der Waals surface area (Å²) in [5, 5.41) is 5.05. The zero-order chi connectivity index (χ0) is 16.9. The van der Waals surface area contributed by atoms with Crippen molar-refractivity contribution < 1.29 is 19.0 Å². The molecule has 126 valence electrons. The second-order valence-corrected chi connectivity index (χ2v) is 5.81. The van der Waals surface area contributed by atoms with Crippen molar-refractivity contribution in [1.82, 2.24) is 5.32 Å². The smallest absolute Gasteiger partial charge is 0.289 e. The van der Waals surface area contributed by atoms with Gasteiger partial charge in [-0.1, -0.05) is 30.3 Å². The van der Waals surface area contributed by atoms with Gasteiger partial charge in [0.15, 0.2) is 0 Å². The predicted molar refractivity (Wildman–Crippen MR) is 91.5 cm³/mol. The summed E-state index contributed by atoms with van der Waals surface area (Å²) in [6.07, 6.45) is 1.41. The lowest BCUT2D eigenvalue weighted by molar-refractivity contribution is -0.122. The second-order valence-electron chi connectivity index (χ2n) is 5.81. The summed E-state index contributed by atoms with van der Waals surface area (Å²) >= 11 is 0. The molecule has 2 aromatic rings. The van der Waals surface area contributed by atoms with Crippen molar-refractivity contribution in [2.75, 3.05) is 13.2 Å². The van der Waals surface area contributed by atoms with Crippen LogP contribution in [0.25, 0.3) is 10.8 Å². The van der Waals surface area contributed by atoms with Crippen LogP contribution in [0.4, 0.5) is 0 Å². The van der Waals surface area contributed by atoms with Crippen LogP contribution in [0.3, 0.4) is 0 Å². The standard InChI is InChI=1S/C19H21NO4/c1-13(2)24-17-8-7-14-5-3-4-6-15(14)16(17)11-20-19(21)18-12-22-9-10-23-18/h3-8,12-13H,9-11H2,1-2H3,(H,20,21). The van der Waals surface area contributed by atoms with Gasteiger partial charge in [0.1, 0.15) is 25.2 Å². The first-order valence-electron chi connectivity index (χ1n) is 8.05. The van der Waals surface area contributed by atoms with Gasteiger partial charge in [0.25, 0.3) is 5.91 Å². The minimum Gasteiger partial charge on any atom is -0.494 e. The monoisotopic (exact) mass is 327 g/mol. The SMILES string of the molecule is CC(C)Oc1ccc2ccccc2c1CNC(=O)C1=COCCO1. The van der Waals surface area contributed by atoms with Crippen molar-refractivity contribution in [3.63, 3.8) is 0 Å². The fourth-order valence-electron chi connectivity index (χ4n) is 2.61. The molecule has 0 bridgehead atoms. The summed E-state index contributed by atoms with van der Waals surface area (Å²) in [5.41, 5.74) is 0.951. The molecule has 1 aliphatic heterocycles. The summed E-state index contributed by atoms with van der Waals surface area (Å²) in [7, 11) is 0. The van der Waals surface area contributed by atoms with Crippen molar-refractivity contribution in [2.45, 2.75) is 26.5 Å². The molecule has 1 N–H and O–H groups in total. The van der Waals surface area contributed by atoms with E-state index < -0.39 is 0 Å². The van der Waals surface area contributed by atoms with Crippen LogP contribution >= 0.6 is 0 Å². The van der Waals surface area contributed by atoms with Crippen LogP contribution in [0.1, 0.15) is 19.4 Å². The fourth-order valence-corrected chi connectivity index (χ4v) is 2.61. The average Bonchev–Trinajstić information content (AvgIpc) is 2.60. The minimum atomic E-state index is -0.293. The summed E-state index contributed by atoms with van der Waals surface area (Å²) in [6.45, 7) is 5.16. The Morgan fingerprint density at radius 3 is 2.79 bits per heavy atom. The highest BCUT2D eigenvalue weighted by molar-refractivity contribution is 5.92. The summed E-state index contributed by atoms with van der Waals surface area (Å²) < 4.78 is 16.3. The number of ether oxygens (including phenoxy) is 3. The van der Waals surface area contributed by atoms with Gasteiger partial charge >= 0.3 is 0 Å². The van der Waals surface area contributed by atoms with Crippen LogP contribution in [0.5, 0.6) is 5.75 Å². The van der Waals surface area contributed by atoms with Crippen LogP contribution < -0.4 is 10.1 Å². The third-order valence-corrected chi connectivity index (χ3v) is 3.66. The van der Waals surface area contributed by atoms with Gasteiger partial charge in [-0.15, -0.1) is 0 Å².